The van der Waals surface area contributed by atoms with Gasteiger partial charge in [0.15, 0.2) is 11.6 Å². The molecule has 2 aromatic rings. The molecule has 132 valence electrons. The molecule has 0 aromatic heterocycles. The fourth-order valence-electron chi connectivity index (χ4n) is 2.68. The van der Waals surface area contributed by atoms with Crippen LogP contribution in [0.2, 0.25) is 0 Å². The zero-order valence-electron chi connectivity index (χ0n) is 14.3. The second kappa shape index (κ2) is 9.62. The number of Topliss-reactive ketones (excluding diaryl/α,β-unsaturated/α-hetero) is 2. The van der Waals surface area contributed by atoms with Crippen molar-refractivity contribution in [2.45, 2.75) is 44.9 Å². The highest BCUT2D eigenvalue weighted by atomic mass is 16.3. The minimum absolute atomic E-state index is 0.0995. The molecule has 0 radical (unpaired) electrons. The predicted octanol–water partition coefficient (Wildman–Crippen LogP) is 4.89. The van der Waals surface area contributed by atoms with Crippen LogP contribution in [-0.4, -0.2) is 21.8 Å². The Balaban J connectivity index is 1.56. The van der Waals surface area contributed by atoms with Crippen molar-refractivity contribution >= 4 is 11.6 Å². The minimum atomic E-state index is 0.0995. The molecular weight excluding hydrogens is 316 g/mol. The lowest BCUT2D eigenvalue weighted by atomic mass is 10.0. The van der Waals surface area contributed by atoms with Gasteiger partial charge in [-0.1, -0.05) is 19.3 Å². The third-order valence-corrected chi connectivity index (χ3v) is 4.19. The summed E-state index contributed by atoms with van der Waals surface area (Å²) in [6.07, 6.45) is 5.64. The molecule has 4 nitrogen and oxygen atoms in total. The first kappa shape index (κ1) is 18.7. The zero-order chi connectivity index (χ0) is 18.1. The summed E-state index contributed by atoms with van der Waals surface area (Å²) in [5, 5.41) is 18.4. The van der Waals surface area contributed by atoms with E-state index in [1.807, 2.05) is 0 Å². The van der Waals surface area contributed by atoms with Gasteiger partial charge in [0.2, 0.25) is 0 Å². The van der Waals surface area contributed by atoms with E-state index in [1.54, 1.807) is 24.3 Å². The number of carbonyl (C=O) groups excluding carboxylic acids is 2. The molecular formula is C21H24O4. The Morgan fingerprint density at radius 3 is 1.24 bits per heavy atom. The van der Waals surface area contributed by atoms with E-state index in [0.717, 1.165) is 32.1 Å². The molecule has 0 aliphatic heterocycles. The Kier molecular flexibility index (Phi) is 7.20. The van der Waals surface area contributed by atoms with E-state index in [2.05, 4.69) is 0 Å². The summed E-state index contributed by atoms with van der Waals surface area (Å²) in [6, 6.07) is 12.7. The molecule has 0 bridgehead atoms. The molecule has 0 aliphatic carbocycles. The Morgan fingerprint density at radius 1 is 0.560 bits per heavy atom. The molecule has 0 atom stereocenters. The summed E-state index contributed by atoms with van der Waals surface area (Å²) in [5.41, 5.74) is 1.27. The van der Waals surface area contributed by atoms with Crippen molar-refractivity contribution in [3.8, 4) is 11.5 Å². The molecule has 2 N–H and O–H groups in total. The highest BCUT2D eigenvalue weighted by Gasteiger charge is 2.07. The first-order valence-corrected chi connectivity index (χ1v) is 8.71. The van der Waals surface area contributed by atoms with Gasteiger partial charge in [-0.15, -0.1) is 0 Å². The number of carbonyl (C=O) groups is 2. The van der Waals surface area contributed by atoms with Crippen molar-refractivity contribution in [1.82, 2.24) is 0 Å². The maximum absolute atomic E-state index is 12.0. The third kappa shape index (κ3) is 6.42. The Bertz CT molecular complexity index is 625. The average molecular weight is 340 g/mol. The summed E-state index contributed by atoms with van der Waals surface area (Å²) in [7, 11) is 0. The lowest BCUT2D eigenvalue weighted by Gasteiger charge is -2.03. The Hall–Kier alpha value is -2.62. The molecule has 4 heteroatoms. The predicted molar refractivity (Wildman–Crippen MR) is 97.2 cm³/mol. The van der Waals surface area contributed by atoms with Crippen LogP contribution in [-0.2, 0) is 0 Å². The zero-order valence-corrected chi connectivity index (χ0v) is 14.3. The molecule has 25 heavy (non-hydrogen) atoms. The average Bonchev–Trinajstić information content (AvgIpc) is 2.61. The number of phenolic OH excluding ortho intramolecular Hbond substituents is 2. The molecule has 0 unspecified atom stereocenters. The Morgan fingerprint density at radius 2 is 0.880 bits per heavy atom. The second-order valence-electron chi connectivity index (χ2n) is 6.21. The number of ketones is 2. The summed E-state index contributed by atoms with van der Waals surface area (Å²) in [5.74, 6) is 0.529. The van der Waals surface area contributed by atoms with E-state index in [4.69, 9.17) is 0 Å². The minimum Gasteiger partial charge on any atom is -0.508 e. The second-order valence-corrected chi connectivity index (χ2v) is 6.21. The molecule has 0 amide bonds. The van der Waals surface area contributed by atoms with Crippen molar-refractivity contribution in [2.75, 3.05) is 0 Å². The first-order valence-electron chi connectivity index (χ1n) is 8.71. The van der Waals surface area contributed by atoms with Crippen LogP contribution in [0.25, 0.3) is 0 Å². The molecule has 0 saturated carbocycles. The third-order valence-electron chi connectivity index (χ3n) is 4.19. The van der Waals surface area contributed by atoms with Crippen molar-refractivity contribution < 1.29 is 19.8 Å². The lowest BCUT2D eigenvalue weighted by molar-refractivity contribution is 0.0973. The number of phenols is 2. The van der Waals surface area contributed by atoms with Crippen LogP contribution in [0.15, 0.2) is 48.5 Å². The summed E-state index contributed by atoms with van der Waals surface area (Å²) >= 11 is 0. The van der Waals surface area contributed by atoms with E-state index >= 15 is 0 Å². The van der Waals surface area contributed by atoms with Gasteiger partial charge in [0.1, 0.15) is 11.5 Å². The van der Waals surface area contributed by atoms with Gasteiger partial charge in [-0.2, -0.15) is 0 Å². The first-order chi connectivity index (χ1) is 12.1. The number of rotatable bonds is 10. The van der Waals surface area contributed by atoms with Crippen LogP contribution in [0.1, 0.15) is 65.7 Å². The quantitative estimate of drug-likeness (QED) is 0.477. The van der Waals surface area contributed by atoms with Gasteiger partial charge >= 0.3 is 0 Å². The van der Waals surface area contributed by atoms with E-state index in [1.165, 1.54) is 24.3 Å². The summed E-state index contributed by atoms with van der Waals surface area (Å²) in [6.45, 7) is 0. The highest BCUT2D eigenvalue weighted by Crippen LogP contribution is 2.16. The molecule has 0 heterocycles. The van der Waals surface area contributed by atoms with Crippen LogP contribution in [0.3, 0.4) is 0 Å². The van der Waals surface area contributed by atoms with Gasteiger partial charge in [-0.25, -0.2) is 0 Å². The molecule has 0 spiro atoms. The van der Waals surface area contributed by atoms with E-state index in [0.29, 0.717) is 24.0 Å². The number of benzene rings is 2. The SMILES string of the molecule is O=C(CCCCCCCC(=O)c1ccc(O)cc1)c1ccc(O)cc1. The van der Waals surface area contributed by atoms with Gasteiger partial charge in [0.25, 0.3) is 0 Å². The number of hydrogen-bond acceptors (Lipinski definition) is 4. The van der Waals surface area contributed by atoms with Crippen LogP contribution >= 0.6 is 0 Å². The molecule has 2 aromatic carbocycles. The molecule has 2 rings (SSSR count). The monoisotopic (exact) mass is 340 g/mol. The molecule has 0 saturated heterocycles. The lowest BCUT2D eigenvalue weighted by Crippen LogP contribution is -1.99. The summed E-state index contributed by atoms with van der Waals surface area (Å²) in [4.78, 5) is 23.9. The van der Waals surface area contributed by atoms with Crippen molar-refractivity contribution in [3.05, 3.63) is 59.7 Å². The molecule has 0 aliphatic rings. The van der Waals surface area contributed by atoms with Gasteiger partial charge in [0, 0.05) is 24.0 Å². The fourth-order valence-corrected chi connectivity index (χ4v) is 2.68. The number of hydrogen-bond donors (Lipinski definition) is 2. The summed E-state index contributed by atoms with van der Waals surface area (Å²) < 4.78 is 0. The van der Waals surface area contributed by atoms with Crippen LogP contribution in [0.5, 0.6) is 11.5 Å². The van der Waals surface area contributed by atoms with E-state index in [9.17, 15) is 19.8 Å². The van der Waals surface area contributed by atoms with Crippen LogP contribution in [0, 0.1) is 0 Å². The smallest absolute Gasteiger partial charge is 0.162 e. The van der Waals surface area contributed by atoms with Gasteiger partial charge < -0.3 is 10.2 Å². The van der Waals surface area contributed by atoms with Gasteiger partial charge in [0.05, 0.1) is 0 Å². The van der Waals surface area contributed by atoms with Crippen molar-refractivity contribution in [2.24, 2.45) is 0 Å². The molecule has 0 fully saturated rings. The van der Waals surface area contributed by atoms with Crippen molar-refractivity contribution in [1.29, 1.82) is 0 Å². The van der Waals surface area contributed by atoms with E-state index < -0.39 is 0 Å². The highest BCUT2D eigenvalue weighted by molar-refractivity contribution is 5.96. The maximum Gasteiger partial charge on any atom is 0.162 e. The fraction of sp³-hybridized carbons (Fsp3) is 0.333. The largest absolute Gasteiger partial charge is 0.508 e. The van der Waals surface area contributed by atoms with Gasteiger partial charge in [-0.3, -0.25) is 9.59 Å². The normalized spacial score (nSPS) is 10.6. The standard InChI is InChI=1S/C21H24O4/c22-18-12-8-16(9-13-18)20(24)6-4-2-1-3-5-7-21(25)17-10-14-19(23)15-11-17/h8-15,22-23H,1-7H2. The maximum atomic E-state index is 12.0. The number of aromatic hydroxyl groups is 2. The van der Waals surface area contributed by atoms with Crippen LogP contribution in [0.4, 0.5) is 0 Å². The van der Waals surface area contributed by atoms with E-state index in [-0.39, 0.29) is 23.1 Å². The van der Waals surface area contributed by atoms with Crippen LogP contribution < -0.4 is 0 Å². The van der Waals surface area contributed by atoms with Crippen molar-refractivity contribution in [3.63, 3.8) is 0 Å². The van der Waals surface area contributed by atoms with Gasteiger partial charge in [-0.05, 0) is 61.4 Å². The number of unbranched alkanes of at least 4 members (excludes halogenated alkanes) is 4. The topological polar surface area (TPSA) is 74.6 Å². The Labute approximate surface area is 148 Å².